The molecule has 0 radical (unpaired) electrons. The largest absolute Gasteiger partial charge is 2.00 e. The Hall–Kier alpha value is 0.291. The maximum absolute atomic E-state index is 9.25. The van der Waals surface area contributed by atoms with Crippen molar-refractivity contribution in [1.29, 1.82) is 0 Å². The molecule has 3 aromatic carbocycles. The molecule has 41 heavy (non-hydrogen) atoms. The van der Waals surface area contributed by atoms with Gasteiger partial charge in [-0.25, -0.2) is 12.8 Å². The Kier molecular flexibility index (Phi) is 22.9. The summed E-state index contributed by atoms with van der Waals surface area (Å²) in [4.78, 5) is 0. The fourth-order valence-electron chi connectivity index (χ4n) is 3.49. The molecular formula is C31H38BBr5MgO3. The van der Waals surface area contributed by atoms with Crippen LogP contribution in [-0.2, 0) is 0 Å². The molecule has 0 aliphatic heterocycles. The van der Waals surface area contributed by atoms with E-state index in [-0.39, 0.29) is 43.2 Å². The SMILES string of the molecule is BrB(Br)Br.COc1ccc(Br)cc1.COc1ccc(C2CC2)cc1C.Cc1cc(C2CC2)ccc1O.[Br-].[CH-]1CC1.[Mg+2]. The Bertz CT molecular complexity index is 1120. The molecule has 3 fully saturated rings. The second-order valence-corrected chi connectivity index (χ2v) is 16.9. The first kappa shape index (κ1) is 41.3. The number of rotatable bonds is 4. The number of aromatic hydroxyl groups is 1. The van der Waals surface area contributed by atoms with E-state index in [1.54, 1.807) is 20.3 Å². The van der Waals surface area contributed by atoms with Gasteiger partial charge in [-0.15, -0.1) is 47.3 Å². The molecule has 0 amide bonds. The van der Waals surface area contributed by atoms with Crippen molar-refractivity contribution in [3.63, 3.8) is 0 Å². The Labute approximate surface area is 307 Å². The normalized spacial score (nSPS) is 13.7. The van der Waals surface area contributed by atoms with Crippen LogP contribution in [0.4, 0.5) is 0 Å². The van der Waals surface area contributed by atoms with E-state index < -0.39 is 0 Å². The maximum atomic E-state index is 9.25. The Morgan fingerprint density at radius 2 is 1.20 bits per heavy atom. The van der Waals surface area contributed by atoms with Gasteiger partial charge in [0.25, 0.3) is 0 Å². The van der Waals surface area contributed by atoms with Gasteiger partial charge in [0, 0.05) is 4.47 Å². The van der Waals surface area contributed by atoms with Gasteiger partial charge in [0.15, 0.2) is 0 Å². The maximum Gasteiger partial charge on any atom is 2.00 e. The first-order chi connectivity index (χ1) is 18.6. The summed E-state index contributed by atoms with van der Waals surface area (Å²) in [5.41, 5.74) is 5.12. The van der Waals surface area contributed by atoms with Gasteiger partial charge in [-0.05, 0) is 110 Å². The van der Waals surface area contributed by atoms with Crippen LogP contribution in [0.15, 0.2) is 65.1 Å². The molecule has 3 nitrogen and oxygen atoms in total. The minimum atomic E-state index is 0. The molecule has 1 N–H and O–H groups in total. The molecule has 0 unspecified atom stereocenters. The van der Waals surface area contributed by atoms with Crippen molar-refractivity contribution in [3.05, 3.63) is 93.8 Å². The van der Waals surface area contributed by atoms with E-state index in [4.69, 9.17) is 9.47 Å². The summed E-state index contributed by atoms with van der Waals surface area (Å²) in [5, 5.41) is 9.25. The van der Waals surface area contributed by atoms with Crippen LogP contribution in [0, 0.1) is 20.3 Å². The number of aryl methyl sites for hydroxylation is 2. The molecule has 6 rings (SSSR count). The third-order valence-electron chi connectivity index (χ3n) is 6.08. The molecule has 3 aromatic rings. The molecule has 3 saturated carbocycles. The molecule has 0 spiro atoms. The van der Waals surface area contributed by atoms with E-state index in [2.05, 4.69) is 101 Å². The van der Waals surface area contributed by atoms with Gasteiger partial charge >= 0.3 is 26.2 Å². The first-order valence-corrected chi connectivity index (χ1v) is 16.7. The third kappa shape index (κ3) is 19.3. The number of phenolic OH excluding ortho intramolecular Hbond substituents is 1. The molecule has 0 heterocycles. The van der Waals surface area contributed by atoms with E-state index in [0.717, 1.165) is 33.4 Å². The average molecular weight is 893 g/mol. The monoisotopic (exact) mass is 888 g/mol. The van der Waals surface area contributed by atoms with E-state index in [9.17, 15) is 5.11 Å². The topological polar surface area (TPSA) is 38.7 Å². The quantitative estimate of drug-likeness (QED) is 0.216. The van der Waals surface area contributed by atoms with E-state index in [0.29, 0.717) is 5.75 Å². The van der Waals surface area contributed by atoms with Crippen LogP contribution in [-0.4, -0.2) is 45.6 Å². The summed E-state index contributed by atoms with van der Waals surface area (Å²) in [6.45, 7) is 4.05. The smallest absolute Gasteiger partial charge is 1.00 e. The summed E-state index contributed by atoms with van der Waals surface area (Å²) in [6.07, 6.45) is 10.4. The van der Waals surface area contributed by atoms with Crippen LogP contribution in [0.25, 0.3) is 0 Å². The van der Waals surface area contributed by atoms with Crippen molar-refractivity contribution < 1.29 is 31.6 Å². The summed E-state index contributed by atoms with van der Waals surface area (Å²) in [6, 6.07) is 20.1. The predicted molar refractivity (Wildman–Crippen MR) is 187 cm³/mol. The molecule has 0 atom stereocenters. The molecule has 3 aliphatic carbocycles. The van der Waals surface area contributed by atoms with Gasteiger partial charge in [0.1, 0.15) is 17.2 Å². The standard InChI is InChI=1S/C11H14O.C10H12O.C7H7BrO.C3H5.BBr3.BrH.Mg/c1-8-7-10(9-3-4-9)5-6-11(8)12-2;1-7-6-9(8-2-3-8)4-5-10(7)11;1-9-7-4-2-6(8)3-5-7;1-2-3-1;2-1(3)4;;/h5-7,9H,3-4H2,1-2H3;4-6,8,11H,2-3H2,1H3;2-5H,1H3;1H,2-3H2;;1H;/q;;;-1;;;+2/p-1. The van der Waals surface area contributed by atoms with Crippen molar-refractivity contribution in [1.82, 2.24) is 0 Å². The number of benzene rings is 3. The van der Waals surface area contributed by atoms with E-state index in [1.807, 2.05) is 37.3 Å². The van der Waals surface area contributed by atoms with Gasteiger partial charge in [-0.2, -0.15) is 0 Å². The fraction of sp³-hybridized carbons (Fsp3) is 0.387. The van der Waals surface area contributed by atoms with Crippen molar-refractivity contribution in [3.8, 4) is 17.2 Å². The second kappa shape index (κ2) is 22.7. The third-order valence-corrected chi connectivity index (χ3v) is 6.60. The van der Waals surface area contributed by atoms with Gasteiger partial charge < -0.3 is 38.0 Å². The summed E-state index contributed by atoms with van der Waals surface area (Å²) >= 11 is 12.6. The minimum absolute atomic E-state index is 0. The number of halogens is 5. The van der Waals surface area contributed by atoms with Crippen LogP contribution >= 0.6 is 63.2 Å². The van der Waals surface area contributed by atoms with Crippen molar-refractivity contribution >= 4 is 89.4 Å². The zero-order valence-electron chi connectivity index (χ0n) is 24.2. The Balaban J connectivity index is 0.000000516. The number of methoxy groups -OCH3 is 2. The number of hydrogen-bond acceptors (Lipinski definition) is 3. The number of hydrogen-bond donors (Lipinski definition) is 1. The van der Waals surface area contributed by atoms with E-state index in [1.165, 1.54) is 55.2 Å². The molecule has 0 aromatic heterocycles. The Morgan fingerprint density at radius 1 is 0.756 bits per heavy atom. The van der Waals surface area contributed by atoms with Crippen LogP contribution in [0.1, 0.15) is 72.6 Å². The molecular weight excluding hydrogens is 855 g/mol. The first-order valence-electron chi connectivity index (χ1n) is 13.1. The van der Waals surface area contributed by atoms with Gasteiger partial charge in [-0.3, -0.25) is 0 Å². The summed E-state index contributed by atoms with van der Waals surface area (Å²) in [7, 11) is 3.38. The summed E-state index contributed by atoms with van der Waals surface area (Å²) in [5.74, 6) is 3.93. The minimum Gasteiger partial charge on any atom is -1.00 e. The second-order valence-electron chi connectivity index (χ2n) is 9.60. The predicted octanol–water partition coefficient (Wildman–Crippen LogP) is 7.68. The van der Waals surface area contributed by atoms with Crippen molar-refractivity contribution in [2.24, 2.45) is 0 Å². The van der Waals surface area contributed by atoms with Crippen LogP contribution in [0.2, 0.25) is 0 Å². The molecule has 3 aliphatic rings. The van der Waals surface area contributed by atoms with Gasteiger partial charge in [0.05, 0.1) is 14.2 Å². The van der Waals surface area contributed by atoms with Gasteiger partial charge in [-0.1, -0.05) is 40.2 Å². The Morgan fingerprint density at radius 3 is 1.54 bits per heavy atom. The molecule has 0 bridgehead atoms. The van der Waals surface area contributed by atoms with Crippen LogP contribution in [0.5, 0.6) is 17.2 Å². The number of phenols is 1. The van der Waals surface area contributed by atoms with Crippen molar-refractivity contribution in [2.75, 3.05) is 14.2 Å². The zero-order valence-corrected chi connectivity index (χ0v) is 33.5. The zero-order chi connectivity index (χ0) is 28.8. The van der Waals surface area contributed by atoms with Gasteiger partial charge in [0.2, 0.25) is 0 Å². The van der Waals surface area contributed by atoms with Crippen molar-refractivity contribution in [2.45, 2.75) is 64.2 Å². The van der Waals surface area contributed by atoms with E-state index >= 15 is 0 Å². The van der Waals surface area contributed by atoms with Crippen LogP contribution < -0.4 is 26.5 Å². The fourth-order valence-corrected chi connectivity index (χ4v) is 3.76. The average Bonchev–Trinajstić information content (AvgIpc) is 3.74. The van der Waals surface area contributed by atoms with Crippen LogP contribution in [0.3, 0.4) is 0 Å². The molecule has 0 saturated heterocycles. The summed E-state index contributed by atoms with van der Waals surface area (Å²) < 4.78 is 11.5. The molecule has 10 heteroatoms. The number of ether oxygens (including phenoxy) is 2. The molecule has 220 valence electrons.